The highest BCUT2D eigenvalue weighted by atomic mass is 16.5. The van der Waals surface area contributed by atoms with Crippen LogP contribution in [-0.2, 0) is 19.1 Å². The molecule has 0 aromatic carbocycles. The van der Waals surface area contributed by atoms with Gasteiger partial charge in [0.25, 0.3) is 0 Å². The highest BCUT2D eigenvalue weighted by Gasteiger charge is 2.37. The number of hydrogen-bond donors (Lipinski definition) is 0. The molecule has 13 heavy (non-hydrogen) atoms. The van der Waals surface area contributed by atoms with Gasteiger partial charge in [0.15, 0.2) is 0 Å². The standard InChI is InChI=1S/C9H12O4/c1-5(7(10)6-3-4-6)8(11)9(12)13-2/h5-6H,3-4H2,1-2H3. The third-order valence-corrected chi connectivity index (χ3v) is 2.19. The van der Waals surface area contributed by atoms with Crippen LogP contribution in [0.2, 0.25) is 0 Å². The summed E-state index contributed by atoms with van der Waals surface area (Å²) in [5, 5.41) is 0. The van der Waals surface area contributed by atoms with Gasteiger partial charge in [0.1, 0.15) is 5.78 Å². The summed E-state index contributed by atoms with van der Waals surface area (Å²) in [5.74, 6) is -2.63. The molecular formula is C9H12O4. The summed E-state index contributed by atoms with van der Waals surface area (Å²) in [4.78, 5) is 33.3. The van der Waals surface area contributed by atoms with Crippen molar-refractivity contribution in [1.82, 2.24) is 0 Å². The van der Waals surface area contributed by atoms with E-state index in [0.717, 1.165) is 20.0 Å². The van der Waals surface area contributed by atoms with Crippen LogP contribution in [0.25, 0.3) is 0 Å². The molecule has 1 atom stereocenters. The van der Waals surface area contributed by atoms with E-state index in [-0.39, 0.29) is 11.7 Å². The van der Waals surface area contributed by atoms with Gasteiger partial charge in [-0.15, -0.1) is 0 Å². The highest BCUT2D eigenvalue weighted by molar-refractivity contribution is 6.38. The van der Waals surface area contributed by atoms with E-state index in [1.54, 1.807) is 0 Å². The Morgan fingerprint density at radius 2 is 1.85 bits per heavy atom. The summed E-state index contributed by atoms with van der Waals surface area (Å²) in [7, 11) is 1.13. The zero-order chi connectivity index (χ0) is 10.0. The van der Waals surface area contributed by atoms with Crippen molar-refractivity contribution < 1.29 is 19.1 Å². The first-order valence-electron chi connectivity index (χ1n) is 4.23. The summed E-state index contributed by atoms with van der Waals surface area (Å²) in [6.07, 6.45) is 1.69. The predicted octanol–water partition coefficient (Wildman–Crippen LogP) is 0.344. The van der Waals surface area contributed by atoms with Crippen LogP contribution >= 0.6 is 0 Å². The topological polar surface area (TPSA) is 60.4 Å². The zero-order valence-corrected chi connectivity index (χ0v) is 7.70. The second kappa shape index (κ2) is 3.68. The number of Topliss-reactive ketones (excluding diaryl/α,β-unsaturated/α-hetero) is 2. The lowest BCUT2D eigenvalue weighted by Crippen LogP contribution is -2.29. The number of ketones is 2. The number of methoxy groups -OCH3 is 1. The van der Waals surface area contributed by atoms with Gasteiger partial charge >= 0.3 is 5.97 Å². The van der Waals surface area contributed by atoms with Crippen molar-refractivity contribution in [3.05, 3.63) is 0 Å². The molecule has 1 fully saturated rings. The van der Waals surface area contributed by atoms with Gasteiger partial charge in [-0.25, -0.2) is 4.79 Å². The first kappa shape index (κ1) is 9.89. The Hall–Kier alpha value is -1.19. The van der Waals surface area contributed by atoms with Crippen LogP contribution in [0, 0.1) is 11.8 Å². The van der Waals surface area contributed by atoms with Crippen molar-refractivity contribution in [3.63, 3.8) is 0 Å². The lowest BCUT2D eigenvalue weighted by atomic mass is 9.98. The summed E-state index contributed by atoms with van der Waals surface area (Å²) < 4.78 is 4.24. The average Bonchev–Trinajstić information content (AvgIpc) is 2.96. The lowest BCUT2D eigenvalue weighted by Gasteiger charge is -2.05. The third-order valence-electron chi connectivity index (χ3n) is 2.19. The fraction of sp³-hybridized carbons (Fsp3) is 0.667. The number of rotatable bonds is 4. The Bertz CT molecular complexity index is 252. The van der Waals surface area contributed by atoms with E-state index in [1.807, 2.05) is 0 Å². The van der Waals surface area contributed by atoms with E-state index in [4.69, 9.17) is 0 Å². The fourth-order valence-electron chi connectivity index (χ4n) is 1.13. The van der Waals surface area contributed by atoms with Crippen molar-refractivity contribution in [3.8, 4) is 0 Å². The Balaban J connectivity index is 2.55. The molecule has 0 amide bonds. The SMILES string of the molecule is COC(=O)C(=O)C(C)C(=O)C1CC1. The molecule has 1 saturated carbocycles. The molecule has 0 heterocycles. The van der Waals surface area contributed by atoms with Crippen LogP contribution in [0.15, 0.2) is 0 Å². The van der Waals surface area contributed by atoms with Gasteiger partial charge in [-0.1, -0.05) is 0 Å². The Labute approximate surface area is 76.3 Å². The van der Waals surface area contributed by atoms with Crippen LogP contribution in [0.3, 0.4) is 0 Å². The number of carbonyl (C=O) groups excluding carboxylic acids is 3. The van der Waals surface area contributed by atoms with Crippen molar-refractivity contribution in [2.24, 2.45) is 11.8 Å². The molecule has 0 bridgehead atoms. The lowest BCUT2D eigenvalue weighted by molar-refractivity contribution is -0.155. The second-order valence-corrected chi connectivity index (χ2v) is 3.25. The average molecular weight is 184 g/mol. The molecular weight excluding hydrogens is 172 g/mol. The van der Waals surface area contributed by atoms with E-state index >= 15 is 0 Å². The molecule has 1 aliphatic carbocycles. The zero-order valence-electron chi connectivity index (χ0n) is 7.70. The molecule has 0 radical (unpaired) electrons. The maximum Gasteiger partial charge on any atom is 0.375 e. The van der Waals surface area contributed by atoms with Gasteiger partial charge in [-0.05, 0) is 19.8 Å². The quantitative estimate of drug-likeness (QED) is 0.359. The van der Waals surface area contributed by atoms with E-state index in [1.165, 1.54) is 6.92 Å². The van der Waals surface area contributed by atoms with Gasteiger partial charge in [0.05, 0.1) is 13.0 Å². The first-order valence-corrected chi connectivity index (χ1v) is 4.23. The van der Waals surface area contributed by atoms with E-state index < -0.39 is 17.7 Å². The summed E-state index contributed by atoms with van der Waals surface area (Å²) in [5.41, 5.74) is 0. The molecule has 0 saturated heterocycles. The van der Waals surface area contributed by atoms with Gasteiger partial charge in [0.2, 0.25) is 5.78 Å². The summed E-state index contributed by atoms with van der Waals surface area (Å²) >= 11 is 0. The largest absolute Gasteiger partial charge is 0.463 e. The molecule has 4 nitrogen and oxygen atoms in total. The number of hydrogen-bond acceptors (Lipinski definition) is 4. The molecule has 0 aliphatic heterocycles. The minimum atomic E-state index is -0.929. The van der Waals surface area contributed by atoms with Crippen LogP contribution < -0.4 is 0 Å². The second-order valence-electron chi connectivity index (χ2n) is 3.25. The molecule has 0 aromatic heterocycles. The molecule has 0 aromatic rings. The Kier molecular flexibility index (Phi) is 2.80. The minimum absolute atomic E-state index is 0.00334. The summed E-state index contributed by atoms with van der Waals surface area (Å²) in [6, 6.07) is 0. The highest BCUT2D eigenvalue weighted by Crippen LogP contribution is 2.32. The van der Waals surface area contributed by atoms with Crippen molar-refractivity contribution in [2.45, 2.75) is 19.8 Å². The molecule has 4 heteroatoms. The van der Waals surface area contributed by atoms with Crippen LogP contribution in [0.1, 0.15) is 19.8 Å². The Morgan fingerprint density at radius 1 is 1.31 bits per heavy atom. The number of ether oxygens (including phenoxy) is 1. The van der Waals surface area contributed by atoms with E-state index in [0.29, 0.717) is 0 Å². The Morgan fingerprint density at radius 3 is 2.23 bits per heavy atom. The van der Waals surface area contributed by atoms with Crippen LogP contribution in [-0.4, -0.2) is 24.6 Å². The first-order chi connectivity index (χ1) is 6.07. The maximum absolute atomic E-state index is 11.3. The third kappa shape index (κ3) is 2.14. The van der Waals surface area contributed by atoms with Gasteiger partial charge in [-0.3, -0.25) is 9.59 Å². The van der Waals surface area contributed by atoms with Crippen molar-refractivity contribution in [2.75, 3.05) is 7.11 Å². The fourth-order valence-corrected chi connectivity index (χ4v) is 1.13. The van der Waals surface area contributed by atoms with Gasteiger partial charge < -0.3 is 4.74 Å². The predicted molar refractivity (Wildman–Crippen MR) is 43.9 cm³/mol. The van der Waals surface area contributed by atoms with Crippen molar-refractivity contribution in [1.29, 1.82) is 0 Å². The van der Waals surface area contributed by atoms with Crippen LogP contribution in [0.5, 0.6) is 0 Å². The molecule has 72 valence electrons. The van der Waals surface area contributed by atoms with Crippen LogP contribution in [0.4, 0.5) is 0 Å². The van der Waals surface area contributed by atoms with E-state index in [9.17, 15) is 14.4 Å². The monoisotopic (exact) mass is 184 g/mol. The van der Waals surface area contributed by atoms with E-state index in [2.05, 4.69) is 4.74 Å². The molecule has 0 N–H and O–H groups in total. The van der Waals surface area contributed by atoms with Gasteiger partial charge in [-0.2, -0.15) is 0 Å². The molecule has 0 spiro atoms. The van der Waals surface area contributed by atoms with Crippen molar-refractivity contribution >= 4 is 17.5 Å². The molecule has 1 unspecified atom stereocenters. The maximum atomic E-state index is 11.3. The molecule has 1 rings (SSSR count). The normalized spacial score (nSPS) is 17.7. The number of carbonyl (C=O) groups is 3. The van der Waals surface area contributed by atoms with Gasteiger partial charge in [0, 0.05) is 5.92 Å². The summed E-state index contributed by atoms with van der Waals surface area (Å²) in [6.45, 7) is 1.46. The minimum Gasteiger partial charge on any atom is -0.463 e. The smallest absolute Gasteiger partial charge is 0.375 e. The molecule has 1 aliphatic rings. The number of esters is 1.